The fourth-order valence-corrected chi connectivity index (χ4v) is 1.97. The normalized spacial score (nSPS) is 10.8. The van der Waals surface area contributed by atoms with Crippen molar-refractivity contribution in [3.05, 3.63) is 29.8 Å². The van der Waals surface area contributed by atoms with E-state index in [1.165, 1.54) is 7.11 Å². The second kappa shape index (κ2) is 10.4. The van der Waals surface area contributed by atoms with Gasteiger partial charge in [0.15, 0.2) is 0 Å². The maximum absolute atomic E-state index is 11.8. The Morgan fingerprint density at radius 1 is 1.08 bits per heavy atom. The highest BCUT2D eigenvalue weighted by Gasteiger charge is 2.15. The van der Waals surface area contributed by atoms with Crippen molar-refractivity contribution in [2.75, 3.05) is 25.6 Å². The Kier molecular flexibility index (Phi) is 8.57. The lowest BCUT2D eigenvalue weighted by Crippen LogP contribution is -2.35. The number of alkyl carbamates (subject to hydrolysis) is 1. The van der Waals surface area contributed by atoms with Gasteiger partial charge in [0, 0.05) is 32.3 Å². The standard InChI is InChI=1S/C18H27N3O5/c1-18(2,3)26-17(24)19-9-8-15(22)20-11-13-6-5-7-14(10-13)21-16(23)12-25-4/h5-7,10H,8-9,11-12H2,1-4H3,(H,19,24)(H,20,22)(H,21,23). The van der Waals surface area contributed by atoms with Crippen molar-refractivity contribution in [3.8, 4) is 0 Å². The second-order valence-electron chi connectivity index (χ2n) is 6.64. The van der Waals surface area contributed by atoms with E-state index in [0.717, 1.165) is 5.56 Å². The molecule has 26 heavy (non-hydrogen) atoms. The van der Waals surface area contributed by atoms with Crippen LogP contribution in [0.3, 0.4) is 0 Å². The summed E-state index contributed by atoms with van der Waals surface area (Å²) in [6, 6.07) is 7.15. The van der Waals surface area contributed by atoms with Crippen molar-refractivity contribution in [1.29, 1.82) is 0 Å². The Labute approximate surface area is 153 Å². The van der Waals surface area contributed by atoms with Crippen LogP contribution in [0.5, 0.6) is 0 Å². The number of benzene rings is 1. The Morgan fingerprint density at radius 3 is 2.46 bits per heavy atom. The number of carbonyl (C=O) groups excluding carboxylic acids is 3. The number of carbonyl (C=O) groups is 3. The van der Waals surface area contributed by atoms with Crippen LogP contribution in [0, 0.1) is 0 Å². The number of amides is 3. The summed E-state index contributed by atoms with van der Waals surface area (Å²) in [5, 5.41) is 7.99. The first kappa shape index (κ1) is 21.4. The Hall–Kier alpha value is -2.61. The lowest BCUT2D eigenvalue weighted by atomic mass is 10.2. The number of rotatable bonds is 8. The first-order valence-corrected chi connectivity index (χ1v) is 8.31. The van der Waals surface area contributed by atoms with E-state index in [9.17, 15) is 14.4 Å². The lowest BCUT2D eigenvalue weighted by molar-refractivity contribution is -0.121. The van der Waals surface area contributed by atoms with Crippen LogP contribution in [0.2, 0.25) is 0 Å². The maximum Gasteiger partial charge on any atom is 0.407 e. The number of hydrogen-bond acceptors (Lipinski definition) is 5. The summed E-state index contributed by atoms with van der Waals surface area (Å²) >= 11 is 0. The minimum Gasteiger partial charge on any atom is -0.444 e. The van der Waals surface area contributed by atoms with Gasteiger partial charge in [0.05, 0.1) is 0 Å². The van der Waals surface area contributed by atoms with Crippen LogP contribution in [0.25, 0.3) is 0 Å². The molecule has 1 rings (SSSR count). The molecule has 0 saturated heterocycles. The molecule has 0 aromatic heterocycles. The summed E-state index contributed by atoms with van der Waals surface area (Å²) in [5.41, 5.74) is 0.898. The maximum atomic E-state index is 11.8. The predicted molar refractivity (Wildman–Crippen MR) is 97.6 cm³/mol. The van der Waals surface area contributed by atoms with Crippen molar-refractivity contribution in [3.63, 3.8) is 0 Å². The van der Waals surface area contributed by atoms with Crippen molar-refractivity contribution < 1.29 is 23.9 Å². The molecule has 0 atom stereocenters. The van der Waals surface area contributed by atoms with Crippen LogP contribution in [0.1, 0.15) is 32.8 Å². The first-order chi connectivity index (χ1) is 12.2. The van der Waals surface area contributed by atoms with Crippen molar-refractivity contribution in [2.45, 2.75) is 39.3 Å². The molecule has 3 amide bonds. The third-order valence-corrected chi connectivity index (χ3v) is 3.00. The molecule has 0 unspecified atom stereocenters. The van der Waals surface area contributed by atoms with E-state index in [-0.39, 0.29) is 31.4 Å². The highest BCUT2D eigenvalue weighted by atomic mass is 16.6. The molecule has 8 nitrogen and oxygen atoms in total. The summed E-state index contributed by atoms with van der Waals surface area (Å²) in [4.78, 5) is 34.8. The fraction of sp³-hybridized carbons (Fsp3) is 0.500. The van der Waals surface area contributed by atoms with E-state index >= 15 is 0 Å². The van der Waals surface area contributed by atoms with E-state index < -0.39 is 11.7 Å². The zero-order chi connectivity index (χ0) is 19.6. The van der Waals surface area contributed by atoms with Gasteiger partial charge in [-0.2, -0.15) is 0 Å². The van der Waals surface area contributed by atoms with Crippen molar-refractivity contribution >= 4 is 23.6 Å². The molecule has 1 aromatic rings. The van der Waals surface area contributed by atoms with Gasteiger partial charge >= 0.3 is 6.09 Å². The van der Waals surface area contributed by atoms with Gasteiger partial charge in [0.2, 0.25) is 11.8 Å². The highest BCUT2D eigenvalue weighted by molar-refractivity contribution is 5.91. The quantitative estimate of drug-likeness (QED) is 0.651. The van der Waals surface area contributed by atoms with Gasteiger partial charge in [0.1, 0.15) is 12.2 Å². The summed E-state index contributed by atoms with van der Waals surface area (Å²) in [5.74, 6) is -0.447. The summed E-state index contributed by atoms with van der Waals surface area (Å²) < 4.78 is 9.84. The molecule has 0 bridgehead atoms. The molecule has 1 aromatic carbocycles. The summed E-state index contributed by atoms with van der Waals surface area (Å²) in [6.45, 7) is 5.79. The minimum absolute atomic E-state index is 0.0222. The average Bonchev–Trinajstić information content (AvgIpc) is 2.52. The van der Waals surface area contributed by atoms with Crippen molar-refractivity contribution in [1.82, 2.24) is 10.6 Å². The summed E-state index contributed by atoms with van der Waals surface area (Å²) in [6.07, 6.45) is -0.409. The molecule has 0 aliphatic carbocycles. The SMILES string of the molecule is COCC(=O)Nc1cccc(CNC(=O)CCNC(=O)OC(C)(C)C)c1. The van der Waals surface area contributed by atoms with E-state index in [4.69, 9.17) is 9.47 Å². The van der Waals surface area contributed by atoms with Crippen LogP contribution in [-0.2, 0) is 25.6 Å². The topological polar surface area (TPSA) is 106 Å². The molecule has 3 N–H and O–H groups in total. The zero-order valence-corrected chi connectivity index (χ0v) is 15.7. The Bertz CT molecular complexity index is 625. The van der Waals surface area contributed by atoms with Crippen LogP contribution < -0.4 is 16.0 Å². The third-order valence-electron chi connectivity index (χ3n) is 3.00. The van der Waals surface area contributed by atoms with Crippen LogP contribution >= 0.6 is 0 Å². The van der Waals surface area contributed by atoms with Crippen LogP contribution in [0.15, 0.2) is 24.3 Å². The third kappa shape index (κ3) is 9.63. The minimum atomic E-state index is -0.573. The van der Waals surface area contributed by atoms with Gasteiger partial charge in [0.25, 0.3) is 0 Å². The molecule has 0 radical (unpaired) electrons. The lowest BCUT2D eigenvalue weighted by Gasteiger charge is -2.19. The van der Waals surface area contributed by atoms with Crippen molar-refractivity contribution in [2.24, 2.45) is 0 Å². The van der Waals surface area contributed by atoms with Crippen LogP contribution in [-0.4, -0.2) is 43.8 Å². The largest absolute Gasteiger partial charge is 0.444 e. The number of anilines is 1. The van der Waals surface area contributed by atoms with Gasteiger partial charge < -0.3 is 25.4 Å². The van der Waals surface area contributed by atoms with Gasteiger partial charge in [-0.05, 0) is 38.5 Å². The van der Waals surface area contributed by atoms with E-state index in [2.05, 4.69) is 16.0 Å². The molecule has 0 aliphatic heterocycles. The molecule has 0 spiro atoms. The van der Waals surface area contributed by atoms with Gasteiger partial charge in [-0.3, -0.25) is 9.59 Å². The monoisotopic (exact) mass is 365 g/mol. The Balaban J connectivity index is 2.34. The van der Waals surface area contributed by atoms with E-state index in [1.54, 1.807) is 39.0 Å². The molecule has 0 heterocycles. The molecular weight excluding hydrogens is 338 g/mol. The Morgan fingerprint density at radius 2 is 1.81 bits per heavy atom. The average molecular weight is 365 g/mol. The molecule has 0 fully saturated rings. The number of nitrogens with one attached hydrogen (secondary N) is 3. The van der Waals surface area contributed by atoms with Gasteiger partial charge in [-0.15, -0.1) is 0 Å². The van der Waals surface area contributed by atoms with E-state index in [0.29, 0.717) is 12.2 Å². The summed E-state index contributed by atoms with van der Waals surface area (Å²) in [7, 11) is 1.45. The number of methoxy groups -OCH3 is 1. The molecule has 8 heteroatoms. The second-order valence-corrected chi connectivity index (χ2v) is 6.64. The number of hydrogen-bond donors (Lipinski definition) is 3. The fourth-order valence-electron chi connectivity index (χ4n) is 1.97. The zero-order valence-electron chi connectivity index (χ0n) is 15.7. The highest BCUT2D eigenvalue weighted by Crippen LogP contribution is 2.10. The first-order valence-electron chi connectivity index (χ1n) is 8.31. The molecule has 144 valence electrons. The van der Waals surface area contributed by atoms with Gasteiger partial charge in [-0.1, -0.05) is 12.1 Å². The predicted octanol–water partition coefficient (Wildman–Crippen LogP) is 1.80. The number of ether oxygens (including phenoxy) is 2. The smallest absolute Gasteiger partial charge is 0.407 e. The van der Waals surface area contributed by atoms with E-state index in [1.807, 2.05) is 6.07 Å². The molecular formula is C18H27N3O5. The molecule has 0 saturated carbocycles. The van der Waals surface area contributed by atoms with Crippen LogP contribution in [0.4, 0.5) is 10.5 Å². The molecule has 0 aliphatic rings. The van der Waals surface area contributed by atoms with Gasteiger partial charge in [-0.25, -0.2) is 4.79 Å².